The molecule has 0 radical (unpaired) electrons. The summed E-state index contributed by atoms with van der Waals surface area (Å²) < 4.78 is 4.98. The third kappa shape index (κ3) is 4.66. The molecule has 1 aliphatic heterocycles. The lowest BCUT2D eigenvalue weighted by molar-refractivity contribution is -0.780. The second-order valence-corrected chi connectivity index (χ2v) is 6.59. The number of carbonyl (C=O) groups is 3. The molecule has 0 bridgehead atoms. The van der Waals surface area contributed by atoms with Gasteiger partial charge in [0.2, 0.25) is 5.91 Å². The maximum Gasteiger partial charge on any atom is 0.321 e. The highest BCUT2D eigenvalue weighted by molar-refractivity contribution is 5.83. The van der Waals surface area contributed by atoms with Crippen LogP contribution in [0.1, 0.15) is 38.2 Å². The summed E-state index contributed by atoms with van der Waals surface area (Å²) in [6, 6.07) is 7.70. The van der Waals surface area contributed by atoms with Crippen LogP contribution in [0.15, 0.2) is 24.3 Å². The van der Waals surface area contributed by atoms with Crippen LogP contribution in [0.2, 0.25) is 0 Å². The van der Waals surface area contributed by atoms with E-state index >= 15 is 0 Å². The highest BCUT2D eigenvalue weighted by Crippen LogP contribution is 2.26. The molecule has 3 amide bonds. The van der Waals surface area contributed by atoms with Crippen molar-refractivity contribution in [3.8, 4) is 5.75 Å². The number of nitrogens with zero attached hydrogens (tertiary/aromatic N) is 1. The number of carbonyl (C=O) groups excluding carboxylic acids is 3. The van der Waals surface area contributed by atoms with Crippen molar-refractivity contribution in [2.75, 3.05) is 20.2 Å². The summed E-state index contributed by atoms with van der Waals surface area (Å²) in [4.78, 5) is 35.8. The molecule has 0 aromatic heterocycles. The molecule has 1 N–H and O–H groups in total. The highest BCUT2D eigenvalue weighted by Gasteiger charge is 2.45. The fourth-order valence-corrected chi connectivity index (χ4v) is 3.34. The van der Waals surface area contributed by atoms with Crippen LogP contribution in [0.25, 0.3) is 0 Å². The van der Waals surface area contributed by atoms with Crippen LogP contribution < -0.4 is 10.1 Å². The van der Waals surface area contributed by atoms with Crippen LogP contribution in [0.5, 0.6) is 5.75 Å². The van der Waals surface area contributed by atoms with Gasteiger partial charge in [0.05, 0.1) is 20.1 Å². The van der Waals surface area contributed by atoms with E-state index < -0.39 is 0 Å². The minimum atomic E-state index is -0.155. The largest absolute Gasteiger partial charge is 0.497 e. The van der Waals surface area contributed by atoms with E-state index in [4.69, 9.17) is 4.74 Å². The van der Waals surface area contributed by atoms with E-state index in [-0.39, 0.29) is 35.2 Å². The van der Waals surface area contributed by atoms with Crippen LogP contribution in [0.4, 0.5) is 0 Å². The second kappa shape index (κ2) is 8.76. The minimum Gasteiger partial charge on any atom is -0.497 e. The number of hydrogen-bond donors (Lipinski definition) is 1. The van der Waals surface area contributed by atoms with Gasteiger partial charge >= 0.3 is 12.3 Å². The average Bonchev–Trinajstić information content (AvgIpc) is 3.02. The molecule has 0 spiro atoms. The lowest BCUT2D eigenvalue weighted by atomic mass is 10.1. The maximum atomic E-state index is 12.4. The molecular weight excluding hydrogens is 320 g/mol. The Bertz CT molecular complexity index is 614. The first-order valence-corrected chi connectivity index (χ1v) is 8.78. The third-order valence-electron chi connectivity index (χ3n) is 5.05. The Morgan fingerprint density at radius 3 is 2.56 bits per heavy atom. The molecule has 6 heteroatoms. The van der Waals surface area contributed by atoms with E-state index in [1.807, 2.05) is 31.2 Å². The number of likely N-dealkylation sites (tertiary alicyclic amines) is 1. The van der Waals surface area contributed by atoms with Gasteiger partial charge in [-0.25, -0.2) is 9.59 Å². The van der Waals surface area contributed by atoms with Crippen molar-refractivity contribution in [2.24, 2.45) is 0 Å². The SMILES string of the molecule is COc1ccc(CCNC(=O)CCC(=O)[N+]2(C=O)CCC[C@H]2C)cc1. The van der Waals surface area contributed by atoms with Gasteiger partial charge in [0.1, 0.15) is 11.8 Å². The zero-order valence-corrected chi connectivity index (χ0v) is 15.0. The van der Waals surface area contributed by atoms with Crippen molar-refractivity contribution in [3.05, 3.63) is 29.8 Å². The van der Waals surface area contributed by atoms with Crippen LogP contribution in [-0.4, -0.2) is 48.9 Å². The smallest absolute Gasteiger partial charge is 0.321 e. The Hall–Kier alpha value is -2.21. The topological polar surface area (TPSA) is 72.5 Å². The Morgan fingerprint density at radius 1 is 1.28 bits per heavy atom. The molecule has 136 valence electrons. The third-order valence-corrected chi connectivity index (χ3v) is 5.05. The number of amides is 3. The molecule has 6 nitrogen and oxygen atoms in total. The molecule has 1 saturated heterocycles. The average molecular weight is 347 g/mol. The van der Waals surface area contributed by atoms with E-state index in [0.717, 1.165) is 37.0 Å². The Balaban J connectivity index is 1.73. The highest BCUT2D eigenvalue weighted by atomic mass is 16.5. The number of methoxy groups -OCH3 is 1. The van der Waals surface area contributed by atoms with Crippen LogP contribution >= 0.6 is 0 Å². The van der Waals surface area contributed by atoms with E-state index in [1.165, 1.54) is 0 Å². The number of imide groups is 1. The number of quaternary nitrogens is 1. The normalized spacial score (nSPS) is 22.4. The number of benzene rings is 1. The second-order valence-electron chi connectivity index (χ2n) is 6.59. The van der Waals surface area contributed by atoms with Gasteiger partial charge in [-0.05, 0) is 31.0 Å². The van der Waals surface area contributed by atoms with Crippen molar-refractivity contribution in [1.29, 1.82) is 0 Å². The maximum absolute atomic E-state index is 12.4. The quantitative estimate of drug-likeness (QED) is 0.575. The number of nitrogens with one attached hydrogen (secondary N) is 1. The Labute approximate surface area is 148 Å². The molecule has 0 saturated carbocycles. The summed E-state index contributed by atoms with van der Waals surface area (Å²) in [5, 5.41) is 2.83. The van der Waals surface area contributed by atoms with Gasteiger partial charge in [-0.1, -0.05) is 12.1 Å². The summed E-state index contributed by atoms with van der Waals surface area (Å²) in [5.74, 6) is 0.498. The van der Waals surface area contributed by atoms with E-state index in [0.29, 0.717) is 13.1 Å². The predicted octanol–water partition coefficient (Wildman–Crippen LogP) is 1.82. The first kappa shape index (κ1) is 19.1. The standard InChI is InChI=1S/C19H26N2O4/c1-15-4-3-13-21(15,14-22)19(24)10-9-18(23)20-12-11-16-5-7-17(25-2)8-6-16/h5-8,14-15H,3-4,9-13H2,1-2H3/p+1/t15-,21?/m1/s1. The molecule has 0 aliphatic carbocycles. The molecule has 1 fully saturated rings. The van der Waals surface area contributed by atoms with E-state index in [2.05, 4.69) is 5.32 Å². The van der Waals surface area contributed by atoms with Gasteiger partial charge in [-0.3, -0.25) is 4.79 Å². The molecule has 1 heterocycles. The van der Waals surface area contributed by atoms with Gasteiger partial charge in [0.15, 0.2) is 0 Å². The summed E-state index contributed by atoms with van der Waals surface area (Å²) >= 11 is 0. The zero-order valence-electron chi connectivity index (χ0n) is 15.0. The molecule has 25 heavy (non-hydrogen) atoms. The Kier molecular flexibility index (Phi) is 6.70. The summed E-state index contributed by atoms with van der Waals surface area (Å²) in [5.41, 5.74) is 1.11. The molecule has 2 rings (SSSR count). The van der Waals surface area contributed by atoms with Crippen LogP contribution in [-0.2, 0) is 20.8 Å². The summed E-state index contributed by atoms with van der Waals surface area (Å²) in [6.07, 6.45) is 3.45. The molecule has 1 unspecified atom stereocenters. The first-order valence-electron chi connectivity index (χ1n) is 8.78. The van der Waals surface area contributed by atoms with E-state index in [1.54, 1.807) is 7.11 Å². The van der Waals surface area contributed by atoms with Crippen molar-refractivity contribution >= 4 is 18.2 Å². The van der Waals surface area contributed by atoms with Crippen LogP contribution in [0.3, 0.4) is 0 Å². The first-order chi connectivity index (χ1) is 12.0. The summed E-state index contributed by atoms with van der Waals surface area (Å²) in [6.45, 7) is 3.00. The van der Waals surface area contributed by atoms with Crippen molar-refractivity contribution in [3.63, 3.8) is 0 Å². The number of hydrogen-bond acceptors (Lipinski definition) is 4. The van der Waals surface area contributed by atoms with Gasteiger partial charge in [-0.2, -0.15) is 4.48 Å². The van der Waals surface area contributed by atoms with Gasteiger partial charge < -0.3 is 10.1 Å². The molecular formula is C19H27N2O4+. The summed E-state index contributed by atoms with van der Waals surface area (Å²) in [7, 11) is 1.62. The van der Waals surface area contributed by atoms with E-state index in [9.17, 15) is 14.4 Å². The molecule has 1 aromatic rings. The predicted molar refractivity (Wildman–Crippen MR) is 93.8 cm³/mol. The number of rotatable bonds is 8. The molecule has 2 atom stereocenters. The minimum absolute atomic E-state index is 0.0168. The Morgan fingerprint density at radius 2 is 2.00 bits per heavy atom. The number of ether oxygens (including phenoxy) is 1. The molecule has 1 aliphatic rings. The van der Waals surface area contributed by atoms with Crippen molar-refractivity contribution in [2.45, 2.75) is 45.1 Å². The van der Waals surface area contributed by atoms with Crippen LogP contribution in [0, 0.1) is 0 Å². The molecule has 1 aromatic carbocycles. The monoisotopic (exact) mass is 347 g/mol. The lowest BCUT2D eigenvalue weighted by Gasteiger charge is -2.28. The van der Waals surface area contributed by atoms with Gasteiger partial charge in [0, 0.05) is 25.8 Å². The van der Waals surface area contributed by atoms with Crippen molar-refractivity contribution in [1.82, 2.24) is 5.32 Å². The lowest BCUT2D eigenvalue weighted by Crippen LogP contribution is -2.54. The zero-order chi connectivity index (χ0) is 18.3. The van der Waals surface area contributed by atoms with Crippen molar-refractivity contribution < 1.29 is 23.6 Å². The van der Waals surface area contributed by atoms with Gasteiger partial charge in [0.25, 0.3) is 0 Å². The fourth-order valence-electron chi connectivity index (χ4n) is 3.34. The fraction of sp³-hybridized carbons (Fsp3) is 0.526. The van der Waals surface area contributed by atoms with Gasteiger partial charge in [-0.15, -0.1) is 0 Å².